The molecule has 2 nitrogen and oxygen atoms in total. The fourth-order valence-electron chi connectivity index (χ4n) is 3.04. The predicted octanol–water partition coefficient (Wildman–Crippen LogP) is 6.13. The molecule has 23 heavy (non-hydrogen) atoms. The summed E-state index contributed by atoms with van der Waals surface area (Å²) >= 11 is 21.3. The van der Waals surface area contributed by atoms with Crippen LogP contribution < -0.4 is 0 Å². The Hall–Kier alpha value is 1.54. The molecule has 0 atom stereocenters. The van der Waals surface area contributed by atoms with Crippen LogP contribution in [0.5, 0.6) is 0 Å². The monoisotopic (exact) mass is 450 g/mol. The van der Waals surface area contributed by atoms with Crippen LogP contribution in [-0.2, 0) is 0 Å². The maximum atomic E-state index is 7.16. The molecule has 1 spiro atoms. The molecule has 2 rings (SSSR count). The van der Waals surface area contributed by atoms with Crippen molar-refractivity contribution >= 4 is 77.6 Å². The van der Waals surface area contributed by atoms with E-state index in [0.29, 0.717) is 24.2 Å². The number of hydrogen-bond donors (Lipinski definition) is 0. The van der Waals surface area contributed by atoms with Gasteiger partial charge in [-0.05, 0) is 0 Å². The Balaban J connectivity index is 2.30. The summed E-state index contributed by atoms with van der Waals surface area (Å²) in [5.41, 5.74) is 0. The van der Waals surface area contributed by atoms with Gasteiger partial charge in [-0.25, -0.2) is 0 Å². The third-order valence-electron chi connectivity index (χ3n) is 3.80. The summed E-state index contributed by atoms with van der Waals surface area (Å²) in [6.07, 6.45) is 0. The summed E-state index contributed by atoms with van der Waals surface area (Å²) in [7, 11) is 0. The van der Waals surface area contributed by atoms with Crippen molar-refractivity contribution in [1.29, 1.82) is 0 Å². The summed E-state index contributed by atoms with van der Waals surface area (Å²) in [6, 6.07) is 1.84. The number of halogens is 2. The molecule has 0 N–H and O–H groups in total. The topological polar surface area (TPSA) is 6.02 Å². The number of rotatable bonds is 4. The quantitative estimate of drug-likeness (QED) is 0.288. The average Bonchev–Trinajstić information content (AvgIpc) is 2.22. The Morgan fingerprint density at radius 3 is 1.00 bits per heavy atom. The van der Waals surface area contributed by atoms with Gasteiger partial charge in [0.15, 0.2) is 0 Å². The van der Waals surface area contributed by atoms with E-state index in [1.54, 1.807) is 44.8 Å². The SMILES string of the molecule is CC(C)[N+](=C1S[Si-2]2(Cl)(Cl)(S1)SC(=[N+](C(C)C)C(C)C)S2)C(C)C. The molecule has 0 saturated carbocycles. The second-order valence-corrected chi connectivity index (χ2v) is 43.6. The number of hydrogen-bond acceptors (Lipinski definition) is 4. The summed E-state index contributed by atoms with van der Waals surface area (Å²) in [5, 5.41) is 0. The van der Waals surface area contributed by atoms with Crippen molar-refractivity contribution in [2.45, 2.75) is 79.6 Å². The minimum atomic E-state index is -3.67. The third kappa shape index (κ3) is 3.81. The Kier molecular flexibility index (Phi) is 5.46. The second-order valence-electron chi connectivity index (χ2n) is 7.32. The molecule has 2 heterocycles. The zero-order valence-electron chi connectivity index (χ0n) is 15.1. The fourth-order valence-corrected chi connectivity index (χ4v) is 41.1. The van der Waals surface area contributed by atoms with Gasteiger partial charge in [-0.2, -0.15) is 0 Å². The van der Waals surface area contributed by atoms with Crippen molar-refractivity contribution in [3.8, 4) is 0 Å². The molecule has 9 heteroatoms. The van der Waals surface area contributed by atoms with Crippen LogP contribution in [0.1, 0.15) is 55.4 Å². The second kappa shape index (κ2) is 6.03. The van der Waals surface area contributed by atoms with Crippen LogP contribution in [0.3, 0.4) is 0 Å². The zero-order chi connectivity index (χ0) is 17.9. The molecule has 2 saturated heterocycles. The summed E-state index contributed by atoms with van der Waals surface area (Å²) in [6.45, 7) is 17.8. The molecule has 2 aliphatic rings. The van der Waals surface area contributed by atoms with Gasteiger partial charge in [-0.1, -0.05) is 0 Å². The van der Waals surface area contributed by atoms with E-state index in [-0.39, 0.29) is 0 Å². The van der Waals surface area contributed by atoms with E-state index >= 15 is 0 Å². The Labute approximate surface area is 165 Å². The van der Waals surface area contributed by atoms with E-state index in [1.807, 2.05) is 0 Å². The average molecular weight is 452 g/mol. The van der Waals surface area contributed by atoms with Crippen molar-refractivity contribution in [2.75, 3.05) is 0 Å². The van der Waals surface area contributed by atoms with Gasteiger partial charge in [-0.3, -0.25) is 0 Å². The van der Waals surface area contributed by atoms with Gasteiger partial charge < -0.3 is 0 Å². The van der Waals surface area contributed by atoms with Gasteiger partial charge in [0.05, 0.1) is 0 Å². The van der Waals surface area contributed by atoms with E-state index in [9.17, 15) is 0 Å². The molecule has 0 aromatic rings. The van der Waals surface area contributed by atoms with Crippen molar-refractivity contribution in [3.05, 3.63) is 0 Å². The molecular formula is C14H28Cl2N2S4Si. The van der Waals surface area contributed by atoms with Gasteiger partial charge in [0.2, 0.25) is 0 Å². The van der Waals surface area contributed by atoms with Crippen LogP contribution >= 0.6 is 67.0 Å². The van der Waals surface area contributed by atoms with Crippen molar-refractivity contribution in [2.24, 2.45) is 0 Å². The van der Waals surface area contributed by atoms with E-state index in [1.165, 1.54) is 8.75 Å². The van der Waals surface area contributed by atoms with E-state index in [2.05, 4.69) is 64.5 Å². The first-order valence-electron chi connectivity index (χ1n) is 8.11. The molecule has 136 valence electrons. The van der Waals surface area contributed by atoms with Gasteiger partial charge in [0.25, 0.3) is 0 Å². The Morgan fingerprint density at radius 2 is 0.826 bits per heavy atom. The zero-order valence-corrected chi connectivity index (χ0v) is 20.9. The van der Waals surface area contributed by atoms with Crippen LogP contribution in [0.15, 0.2) is 0 Å². The molecule has 0 bridgehead atoms. The van der Waals surface area contributed by atoms with Crippen LogP contribution in [0.25, 0.3) is 0 Å². The third-order valence-corrected chi connectivity index (χ3v) is 31.5. The summed E-state index contributed by atoms with van der Waals surface area (Å²) in [4.78, 5) is 0. The molecule has 2 aliphatic heterocycles. The molecule has 0 aliphatic carbocycles. The molecule has 2 fully saturated rings. The summed E-state index contributed by atoms with van der Waals surface area (Å²) < 4.78 is 3.74. The summed E-state index contributed by atoms with van der Waals surface area (Å²) in [5.74, 6) is 0. The fraction of sp³-hybridized carbons (Fsp3) is 0.857. The van der Waals surface area contributed by atoms with Crippen molar-refractivity contribution in [3.63, 3.8) is 0 Å². The van der Waals surface area contributed by atoms with Crippen molar-refractivity contribution < 1.29 is 9.15 Å². The molecule has 0 amide bonds. The normalized spacial score (nSPS) is 27.4. The van der Waals surface area contributed by atoms with Crippen LogP contribution in [-0.4, -0.2) is 43.9 Å². The molecule has 0 radical (unpaired) electrons. The Morgan fingerprint density at radius 1 is 0.609 bits per heavy atom. The van der Waals surface area contributed by atoms with Crippen molar-refractivity contribution in [1.82, 2.24) is 0 Å². The molecular weight excluding hydrogens is 423 g/mol. The number of nitrogens with zero attached hydrogens (tertiary/aromatic N) is 2. The first kappa shape index (κ1) is 20.8. The molecule has 0 aromatic carbocycles. The van der Waals surface area contributed by atoms with Crippen LogP contribution in [0, 0.1) is 0 Å². The van der Waals surface area contributed by atoms with Crippen LogP contribution in [0.4, 0.5) is 0 Å². The molecule has 0 aromatic heterocycles. The Bertz CT molecular complexity index is 512. The van der Waals surface area contributed by atoms with E-state index < -0.39 is 1.85 Å². The van der Waals surface area contributed by atoms with Crippen LogP contribution in [0.2, 0.25) is 0 Å². The first-order valence-corrected chi connectivity index (χ1v) is 19.3. The first-order chi connectivity index (χ1) is 10.2. The van der Waals surface area contributed by atoms with E-state index in [0.717, 1.165) is 0 Å². The minimum absolute atomic E-state index is 0.459. The van der Waals surface area contributed by atoms with Gasteiger partial charge >= 0.3 is 166 Å². The van der Waals surface area contributed by atoms with Gasteiger partial charge in [0, 0.05) is 0 Å². The predicted molar refractivity (Wildman–Crippen MR) is 119 cm³/mol. The molecule has 0 unspecified atom stereocenters. The maximum absolute atomic E-state index is 7.16. The van der Waals surface area contributed by atoms with Gasteiger partial charge in [0.1, 0.15) is 0 Å². The van der Waals surface area contributed by atoms with Gasteiger partial charge in [-0.15, -0.1) is 0 Å². The van der Waals surface area contributed by atoms with E-state index in [4.69, 9.17) is 22.2 Å². The standard InChI is InChI=1S/C14H28Cl2N2S4Si/c1-9(2)17(10(3)4)13-19-23(15,16,20-13)21-14(22-23)18(11(5)6)12(7)8/h9-12H,1-8H3.